The Morgan fingerprint density at radius 3 is 2.63 bits per heavy atom. The second-order valence-corrected chi connectivity index (χ2v) is 9.08. The summed E-state index contributed by atoms with van der Waals surface area (Å²) >= 11 is 0. The predicted octanol–water partition coefficient (Wildman–Crippen LogP) is 4.61. The summed E-state index contributed by atoms with van der Waals surface area (Å²) in [6.07, 6.45) is 2.61. The van der Waals surface area contributed by atoms with Crippen LogP contribution in [0.25, 0.3) is 11.0 Å². The van der Waals surface area contributed by atoms with E-state index in [9.17, 15) is 9.59 Å². The van der Waals surface area contributed by atoms with Crippen LogP contribution in [0, 0.1) is 0 Å². The SMILES string of the molecule is COC(=O)c1c(NC(=O)C2CCCO2)c2cc(NCc3cccc(OC)c3)cnc2n1Cc1ccccc1. The highest BCUT2D eigenvalue weighted by Gasteiger charge is 2.30. The van der Waals surface area contributed by atoms with E-state index in [4.69, 9.17) is 19.2 Å². The van der Waals surface area contributed by atoms with E-state index in [2.05, 4.69) is 10.6 Å². The van der Waals surface area contributed by atoms with Crippen molar-refractivity contribution in [1.29, 1.82) is 0 Å². The zero-order valence-electron chi connectivity index (χ0n) is 21.4. The zero-order chi connectivity index (χ0) is 26.5. The highest BCUT2D eigenvalue weighted by atomic mass is 16.5. The molecule has 1 aliphatic rings. The van der Waals surface area contributed by atoms with Crippen LogP contribution in [0.3, 0.4) is 0 Å². The van der Waals surface area contributed by atoms with Crippen LogP contribution in [0.1, 0.15) is 34.5 Å². The molecule has 9 heteroatoms. The van der Waals surface area contributed by atoms with Crippen molar-refractivity contribution in [2.75, 3.05) is 31.5 Å². The zero-order valence-corrected chi connectivity index (χ0v) is 21.4. The van der Waals surface area contributed by atoms with Gasteiger partial charge in [-0.1, -0.05) is 42.5 Å². The molecule has 196 valence electrons. The van der Waals surface area contributed by atoms with Crippen molar-refractivity contribution in [3.8, 4) is 5.75 Å². The van der Waals surface area contributed by atoms with Crippen molar-refractivity contribution in [2.24, 2.45) is 0 Å². The lowest BCUT2D eigenvalue weighted by molar-refractivity contribution is -0.124. The number of pyridine rings is 1. The van der Waals surface area contributed by atoms with Gasteiger partial charge >= 0.3 is 5.97 Å². The number of aromatic nitrogens is 2. The van der Waals surface area contributed by atoms with Gasteiger partial charge in [0.25, 0.3) is 5.91 Å². The summed E-state index contributed by atoms with van der Waals surface area (Å²) in [5.74, 6) is -0.0775. The molecule has 1 saturated heterocycles. The number of hydrogen-bond acceptors (Lipinski definition) is 7. The minimum absolute atomic E-state index is 0.232. The molecule has 1 aliphatic heterocycles. The summed E-state index contributed by atoms with van der Waals surface area (Å²) in [6, 6.07) is 19.4. The number of nitrogens with zero attached hydrogens (tertiary/aromatic N) is 2. The number of hydrogen-bond donors (Lipinski definition) is 2. The summed E-state index contributed by atoms with van der Waals surface area (Å²) in [5.41, 5.74) is 3.91. The van der Waals surface area contributed by atoms with Crippen molar-refractivity contribution < 1.29 is 23.8 Å². The third-order valence-electron chi connectivity index (χ3n) is 6.56. The van der Waals surface area contributed by atoms with Crippen LogP contribution >= 0.6 is 0 Å². The average molecular weight is 515 g/mol. The van der Waals surface area contributed by atoms with Crippen LogP contribution in [0.2, 0.25) is 0 Å². The van der Waals surface area contributed by atoms with E-state index >= 15 is 0 Å². The number of rotatable bonds is 9. The predicted molar refractivity (Wildman–Crippen MR) is 145 cm³/mol. The third-order valence-corrected chi connectivity index (χ3v) is 6.56. The lowest BCUT2D eigenvalue weighted by Crippen LogP contribution is -2.28. The lowest BCUT2D eigenvalue weighted by Gasteiger charge is -2.13. The number of esters is 1. The molecule has 1 amide bonds. The Morgan fingerprint density at radius 2 is 1.89 bits per heavy atom. The Balaban J connectivity index is 1.56. The number of ether oxygens (including phenoxy) is 3. The topological polar surface area (TPSA) is 104 Å². The Kier molecular flexibility index (Phi) is 7.55. The number of methoxy groups -OCH3 is 2. The largest absolute Gasteiger partial charge is 0.497 e. The van der Waals surface area contributed by atoms with Gasteiger partial charge in [0.05, 0.1) is 31.8 Å². The molecular weight excluding hydrogens is 484 g/mol. The fourth-order valence-electron chi connectivity index (χ4n) is 4.65. The van der Waals surface area contributed by atoms with Gasteiger partial charge < -0.3 is 29.4 Å². The number of fused-ring (bicyclic) bond motifs is 1. The van der Waals surface area contributed by atoms with Gasteiger partial charge in [-0.05, 0) is 42.2 Å². The van der Waals surface area contributed by atoms with Crippen LogP contribution in [0.15, 0.2) is 66.9 Å². The summed E-state index contributed by atoms with van der Waals surface area (Å²) < 4.78 is 17.8. The van der Waals surface area contributed by atoms with Gasteiger partial charge in [0.2, 0.25) is 0 Å². The summed E-state index contributed by atoms with van der Waals surface area (Å²) in [5, 5.41) is 6.97. The van der Waals surface area contributed by atoms with Gasteiger partial charge in [0.1, 0.15) is 17.5 Å². The highest BCUT2D eigenvalue weighted by Crippen LogP contribution is 2.34. The Labute approximate surface area is 220 Å². The third kappa shape index (κ3) is 5.33. The normalized spacial score (nSPS) is 14.8. The standard InChI is InChI=1S/C29H30N4O5/c1-36-22-11-6-10-20(14-22)16-30-21-15-23-25(32-28(34)24-12-7-13-38-24)26(29(35)37-2)33(27(23)31-17-21)18-19-8-4-3-5-9-19/h3-6,8-11,14-15,17,24,30H,7,12-13,16,18H2,1-2H3,(H,32,34). The van der Waals surface area contributed by atoms with Crippen molar-refractivity contribution in [3.63, 3.8) is 0 Å². The molecule has 0 bridgehead atoms. The molecule has 0 saturated carbocycles. The molecule has 3 heterocycles. The lowest BCUT2D eigenvalue weighted by atomic mass is 10.2. The van der Waals surface area contributed by atoms with Crippen LogP contribution in [-0.4, -0.2) is 48.4 Å². The molecule has 4 aromatic rings. The van der Waals surface area contributed by atoms with Crippen LogP contribution in [0.5, 0.6) is 5.75 Å². The van der Waals surface area contributed by atoms with Gasteiger partial charge in [-0.3, -0.25) is 4.79 Å². The fourth-order valence-corrected chi connectivity index (χ4v) is 4.65. The van der Waals surface area contributed by atoms with Gasteiger partial charge in [0, 0.05) is 25.1 Å². The molecule has 2 aromatic heterocycles. The highest BCUT2D eigenvalue weighted by molar-refractivity contribution is 6.12. The van der Waals surface area contributed by atoms with Gasteiger partial charge in [0.15, 0.2) is 5.69 Å². The molecule has 0 aliphatic carbocycles. The minimum Gasteiger partial charge on any atom is -0.497 e. The smallest absolute Gasteiger partial charge is 0.356 e. The molecule has 0 spiro atoms. The van der Waals surface area contributed by atoms with Gasteiger partial charge in [-0.15, -0.1) is 0 Å². The molecule has 2 N–H and O–H groups in total. The first-order valence-electron chi connectivity index (χ1n) is 12.5. The quantitative estimate of drug-likeness (QED) is 0.315. The number of carbonyl (C=O) groups excluding carboxylic acids is 2. The first kappa shape index (κ1) is 25.3. The number of nitrogens with one attached hydrogen (secondary N) is 2. The van der Waals surface area contributed by atoms with Crippen LogP contribution < -0.4 is 15.4 Å². The summed E-state index contributed by atoms with van der Waals surface area (Å²) in [6.45, 7) is 1.45. The van der Waals surface area contributed by atoms with E-state index in [1.54, 1.807) is 17.9 Å². The molecule has 9 nitrogen and oxygen atoms in total. The first-order chi connectivity index (χ1) is 18.6. The van der Waals surface area contributed by atoms with Crippen molar-refractivity contribution in [1.82, 2.24) is 9.55 Å². The van der Waals surface area contributed by atoms with E-state index in [1.807, 2.05) is 60.7 Å². The Bertz CT molecular complexity index is 1440. The van der Waals surface area contributed by atoms with Crippen molar-refractivity contribution >= 4 is 34.3 Å². The van der Waals surface area contributed by atoms with E-state index < -0.39 is 12.1 Å². The maximum atomic E-state index is 13.1. The summed E-state index contributed by atoms with van der Waals surface area (Å²) in [7, 11) is 2.96. The maximum Gasteiger partial charge on any atom is 0.356 e. The van der Waals surface area contributed by atoms with Crippen LogP contribution in [-0.2, 0) is 27.4 Å². The Morgan fingerprint density at radius 1 is 1.08 bits per heavy atom. The van der Waals surface area contributed by atoms with E-state index in [1.165, 1.54) is 7.11 Å². The number of amides is 1. The molecule has 1 fully saturated rings. The fraction of sp³-hybridized carbons (Fsp3) is 0.276. The van der Waals surface area contributed by atoms with E-state index in [0.717, 1.165) is 29.0 Å². The average Bonchev–Trinajstić information content (AvgIpc) is 3.60. The van der Waals surface area contributed by atoms with E-state index in [0.29, 0.717) is 42.8 Å². The summed E-state index contributed by atoms with van der Waals surface area (Å²) in [4.78, 5) is 30.9. The maximum absolute atomic E-state index is 13.1. The molecule has 5 rings (SSSR count). The molecular formula is C29H30N4O5. The number of anilines is 2. The monoisotopic (exact) mass is 514 g/mol. The second-order valence-electron chi connectivity index (χ2n) is 9.08. The molecule has 0 radical (unpaired) electrons. The Hall–Kier alpha value is -4.37. The molecule has 38 heavy (non-hydrogen) atoms. The second kappa shape index (κ2) is 11.4. The van der Waals surface area contributed by atoms with E-state index in [-0.39, 0.29) is 11.6 Å². The number of benzene rings is 2. The molecule has 1 unspecified atom stereocenters. The van der Waals surface area contributed by atoms with Gasteiger partial charge in [-0.2, -0.15) is 0 Å². The first-order valence-corrected chi connectivity index (χ1v) is 12.5. The number of carbonyl (C=O) groups is 2. The van der Waals surface area contributed by atoms with Crippen molar-refractivity contribution in [3.05, 3.63) is 83.7 Å². The minimum atomic E-state index is -0.563. The van der Waals surface area contributed by atoms with Crippen LogP contribution in [0.4, 0.5) is 11.4 Å². The molecule has 2 aromatic carbocycles. The van der Waals surface area contributed by atoms with Gasteiger partial charge in [-0.25, -0.2) is 9.78 Å². The molecule has 1 atom stereocenters. The van der Waals surface area contributed by atoms with Crippen molar-refractivity contribution in [2.45, 2.75) is 32.0 Å².